The topological polar surface area (TPSA) is 20.2 Å². The summed E-state index contributed by atoms with van der Waals surface area (Å²) < 4.78 is 0. The molecule has 0 bridgehead atoms. The Morgan fingerprint density at radius 3 is 2.05 bits per heavy atom. The Hall–Kier alpha value is -1.76. The molecule has 116 valence electrons. The predicted octanol–water partition coefficient (Wildman–Crippen LogP) is 5.99. The molecule has 0 saturated heterocycles. The van der Waals surface area contributed by atoms with Crippen LogP contribution in [0.15, 0.2) is 48.5 Å². The molecule has 0 amide bonds. The second-order valence-corrected chi connectivity index (χ2v) is 7.78. The van der Waals surface area contributed by atoms with E-state index >= 15 is 0 Å². The molecule has 1 nitrogen and oxygen atoms in total. The Balaban J connectivity index is 0.000000196. The van der Waals surface area contributed by atoms with Crippen molar-refractivity contribution in [1.82, 2.24) is 0 Å². The molecular formula is C21H26O. The van der Waals surface area contributed by atoms with Crippen LogP contribution in [0.1, 0.15) is 51.5 Å². The van der Waals surface area contributed by atoms with Crippen molar-refractivity contribution in [2.45, 2.75) is 46.0 Å². The summed E-state index contributed by atoms with van der Waals surface area (Å²) in [4.78, 5) is 0. The minimum Gasteiger partial charge on any atom is -0.508 e. The van der Waals surface area contributed by atoms with Crippen LogP contribution >= 0.6 is 0 Å². The highest BCUT2D eigenvalue weighted by molar-refractivity contribution is 5.80. The van der Waals surface area contributed by atoms with Crippen LogP contribution in [0.25, 0.3) is 11.1 Å². The minimum absolute atomic E-state index is 0.367. The van der Waals surface area contributed by atoms with E-state index in [1.807, 2.05) is 12.1 Å². The summed E-state index contributed by atoms with van der Waals surface area (Å²) in [5.74, 6) is 1.84. The number of benzene rings is 2. The van der Waals surface area contributed by atoms with E-state index in [9.17, 15) is 5.11 Å². The van der Waals surface area contributed by atoms with Crippen molar-refractivity contribution < 1.29 is 5.11 Å². The van der Waals surface area contributed by atoms with Gasteiger partial charge in [-0.1, -0.05) is 51.1 Å². The minimum atomic E-state index is 0.367. The van der Waals surface area contributed by atoms with Crippen molar-refractivity contribution in [3.05, 3.63) is 54.1 Å². The molecule has 2 unspecified atom stereocenters. The van der Waals surface area contributed by atoms with Crippen LogP contribution in [-0.4, -0.2) is 5.11 Å². The van der Waals surface area contributed by atoms with Gasteiger partial charge in [0.15, 0.2) is 0 Å². The first-order valence-electron chi connectivity index (χ1n) is 8.32. The van der Waals surface area contributed by atoms with Gasteiger partial charge in [0, 0.05) is 0 Å². The van der Waals surface area contributed by atoms with Gasteiger partial charge >= 0.3 is 0 Å². The van der Waals surface area contributed by atoms with E-state index in [1.165, 1.54) is 36.0 Å². The molecule has 0 aromatic heterocycles. The molecule has 4 rings (SSSR count). The first-order valence-corrected chi connectivity index (χ1v) is 8.32. The predicted molar refractivity (Wildman–Crippen MR) is 93.1 cm³/mol. The lowest BCUT2D eigenvalue weighted by molar-refractivity contribution is 0.168. The number of aromatic hydroxyl groups is 1. The monoisotopic (exact) mass is 294 g/mol. The van der Waals surface area contributed by atoms with E-state index in [1.54, 1.807) is 0 Å². The third-order valence-electron chi connectivity index (χ3n) is 4.86. The van der Waals surface area contributed by atoms with Gasteiger partial charge in [-0.3, -0.25) is 0 Å². The number of phenolic OH excluding ortho intramolecular Hbond substituents is 1. The molecule has 3 aliphatic carbocycles. The third-order valence-corrected chi connectivity index (χ3v) is 4.86. The molecule has 0 spiro atoms. The van der Waals surface area contributed by atoms with E-state index in [0.29, 0.717) is 17.1 Å². The summed E-state index contributed by atoms with van der Waals surface area (Å²) in [6.07, 6.45) is 3.89. The van der Waals surface area contributed by atoms with Gasteiger partial charge < -0.3 is 5.11 Å². The second kappa shape index (κ2) is 5.79. The van der Waals surface area contributed by atoms with E-state index < -0.39 is 0 Å². The fourth-order valence-corrected chi connectivity index (χ4v) is 4.02. The van der Waals surface area contributed by atoms with Crippen LogP contribution in [0, 0.1) is 11.3 Å². The van der Waals surface area contributed by atoms with Gasteiger partial charge in [-0.05, 0) is 71.4 Å². The Morgan fingerprint density at radius 2 is 1.59 bits per heavy atom. The first kappa shape index (κ1) is 15.1. The second-order valence-electron chi connectivity index (χ2n) is 7.78. The maximum absolute atomic E-state index is 9.31. The zero-order valence-corrected chi connectivity index (χ0v) is 13.8. The Bertz CT molecular complexity index is 622. The van der Waals surface area contributed by atoms with Gasteiger partial charge in [0.25, 0.3) is 0 Å². The van der Waals surface area contributed by atoms with Crippen molar-refractivity contribution >= 4 is 0 Å². The van der Waals surface area contributed by atoms with E-state index in [-0.39, 0.29) is 0 Å². The van der Waals surface area contributed by atoms with Crippen molar-refractivity contribution in [3.8, 4) is 16.9 Å². The summed E-state index contributed by atoms with van der Waals surface area (Å²) in [6.45, 7) is 7.10. The van der Waals surface area contributed by atoms with Crippen LogP contribution in [0.2, 0.25) is 0 Å². The SMILES string of the molecule is CC1CC(c2ccc(O)cc2)CC(C)(C)C1.c1cc2cc-2c1. The van der Waals surface area contributed by atoms with Crippen LogP contribution in [-0.2, 0) is 0 Å². The molecule has 2 atom stereocenters. The van der Waals surface area contributed by atoms with Crippen LogP contribution in [0.3, 0.4) is 0 Å². The molecule has 0 heterocycles. The highest BCUT2D eigenvalue weighted by atomic mass is 16.3. The average Bonchev–Trinajstić information content (AvgIpc) is 3.04. The van der Waals surface area contributed by atoms with Gasteiger partial charge in [0.05, 0.1) is 0 Å². The number of phenols is 1. The zero-order valence-electron chi connectivity index (χ0n) is 13.8. The highest BCUT2D eigenvalue weighted by Crippen LogP contribution is 2.46. The molecule has 1 fully saturated rings. The molecule has 3 aliphatic rings. The van der Waals surface area contributed by atoms with E-state index in [2.05, 4.69) is 57.2 Å². The Labute approximate surface area is 134 Å². The smallest absolute Gasteiger partial charge is 0.115 e. The molecule has 1 N–H and O–H groups in total. The molecule has 1 aromatic carbocycles. The third kappa shape index (κ3) is 3.71. The van der Waals surface area contributed by atoms with Gasteiger partial charge in [0.2, 0.25) is 0 Å². The van der Waals surface area contributed by atoms with Gasteiger partial charge in [-0.15, -0.1) is 0 Å². The van der Waals surface area contributed by atoms with Crippen LogP contribution in [0.4, 0.5) is 0 Å². The van der Waals surface area contributed by atoms with Gasteiger partial charge in [-0.25, -0.2) is 0 Å². The fraction of sp³-hybridized carbons (Fsp3) is 0.429. The van der Waals surface area contributed by atoms with Crippen molar-refractivity contribution in [3.63, 3.8) is 0 Å². The fourth-order valence-electron chi connectivity index (χ4n) is 4.02. The lowest BCUT2D eigenvalue weighted by atomic mass is 9.66. The highest BCUT2D eigenvalue weighted by Gasteiger charge is 2.32. The molecule has 1 aromatic rings. The van der Waals surface area contributed by atoms with Crippen molar-refractivity contribution in [2.75, 3.05) is 0 Å². The Morgan fingerprint density at radius 1 is 0.955 bits per heavy atom. The van der Waals surface area contributed by atoms with Crippen LogP contribution in [0.5, 0.6) is 5.75 Å². The number of hydrogen-bond donors (Lipinski definition) is 1. The molecule has 0 radical (unpaired) electrons. The van der Waals surface area contributed by atoms with Crippen molar-refractivity contribution in [1.29, 1.82) is 0 Å². The number of fused-ring (bicyclic) bond motifs is 1. The molecular weight excluding hydrogens is 268 g/mol. The lowest BCUT2D eigenvalue weighted by Crippen LogP contribution is -2.26. The Kier molecular flexibility index (Phi) is 3.99. The molecule has 22 heavy (non-hydrogen) atoms. The summed E-state index contributed by atoms with van der Waals surface area (Å²) in [5.41, 5.74) is 4.70. The summed E-state index contributed by atoms with van der Waals surface area (Å²) in [5, 5.41) is 9.31. The summed E-state index contributed by atoms with van der Waals surface area (Å²) in [6, 6.07) is 16.3. The van der Waals surface area contributed by atoms with Crippen molar-refractivity contribution in [2.24, 2.45) is 11.3 Å². The van der Waals surface area contributed by atoms with Gasteiger partial charge in [0.1, 0.15) is 5.75 Å². The largest absolute Gasteiger partial charge is 0.508 e. The lowest BCUT2D eigenvalue weighted by Gasteiger charge is -2.39. The molecule has 0 aliphatic heterocycles. The quantitative estimate of drug-likeness (QED) is 0.584. The normalized spacial score (nSPS) is 24.1. The zero-order chi connectivity index (χ0) is 15.7. The van der Waals surface area contributed by atoms with Gasteiger partial charge in [-0.2, -0.15) is 0 Å². The number of rotatable bonds is 1. The standard InChI is InChI=1S/C15H22O.C6H4/c1-11-8-13(10-15(2,3)9-11)12-4-6-14(16)7-5-12;1-2-5-4-6(5)3-1/h4-7,11,13,16H,8-10H2,1-3H3;1-4H. The van der Waals surface area contributed by atoms with Crippen LogP contribution < -0.4 is 0 Å². The summed E-state index contributed by atoms with van der Waals surface area (Å²) >= 11 is 0. The molecule has 1 heteroatoms. The number of hydrogen-bond acceptors (Lipinski definition) is 1. The summed E-state index contributed by atoms with van der Waals surface area (Å²) in [7, 11) is 0. The average molecular weight is 294 g/mol. The maximum atomic E-state index is 9.31. The van der Waals surface area contributed by atoms with E-state index in [4.69, 9.17) is 0 Å². The first-order chi connectivity index (χ1) is 10.4. The maximum Gasteiger partial charge on any atom is 0.115 e. The van der Waals surface area contributed by atoms with E-state index in [0.717, 1.165) is 5.92 Å². The molecule has 1 saturated carbocycles.